The first-order chi connectivity index (χ1) is 16.9. The Morgan fingerprint density at radius 3 is 2.97 bits per heavy atom. The third-order valence-electron chi connectivity index (χ3n) is 5.68. The Hall–Kier alpha value is -4.49. The molecule has 35 heavy (non-hydrogen) atoms. The summed E-state index contributed by atoms with van der Waals surface area (Å²) < 4.78 is 45.8. The van der Waals surface area contributed by atoms with Crippen molar-refractivity contribution in [3.63, 3.8) is 0 Å². The van der Waals surface area contributed by atoms with Crippen molar-refractivity contribution in [1.29, 1.82) is 0 Å². The summed E-state index contributed by atoms with van der Waals surface area (Å²) in [4.78, 5) is 22.5. The monoisotopic (exact) mass is 483 g/mol. The number of hydrogen-bond donors (Lipinski definition) is 1. The average Bonchev–Trinajstić information content (AvgIpc) is 3.62. The first-order valence-electron chi connectivity index (χ1n) is 10.6. The molecule has 0 unspecified atom stereocenters. The molecular formula is C21H16F3N9O2. The number of nitrogens with zero attached hydrogens (tertiary/aromatic N) is 8. The van der Waals surface area contributed by atoms with Crippen molar-refractivity contribution in [3.8, 4) is 11.5 Å². The molecule has 0 saturated carbocycles. The van der Waals surface area contributed by atoms with Crippen LogP contribution in [0.4, 0.5) is 13.2 Å². The normalized spacial score (nSPS) is 16.1. The highest BCUT2D eigenvalue weighted by atomic mass is 19.4. The van der Waals surface area contributed by atoms with Crippen LogP contribution in [-0.4, -0.2) is 63.1 Å². The Labute approximate surface area is 194 Å². The van der Waals surface area contributed by atoms with Crippen LogP contribution >= 0.6 is 0 Å². The molecule has 0 fully saturated rings. The molecule has 5 aromatic heterocycles. The Morgan fingerprint density at radius 2 is 2.14 bits per heavy atom. The van der Waals surface area contributed by atoms with Crippen molar-refractivity contribution in [2.75, 3.05) is 6.54 Å². The van der Waals surface area contributed by atoms with Crippen molar-refractivity contribution in [2.45, 2.75) is 25.2 Å². The largest absolute Gasteiger partial charge is 0.412 e. The van der Waals surface area contributed by atoms with Gasteiger partial charge in [-0.05, 0) is 18.2 Å². The number of alkyl halides is 3. The summed E-state index contributed by atoms with van der Waals surface area (Å²) in [6, 6.07) is 6.93. The van der Waals surface area contributed by atoms with E-state index in [9.17, 15) is 18.0 Å². The minimum absolute atomic E-state index is 0.108. The maximum atomic E-state index is 13.5. The van der Waals surface area contributed by atoms with Gasteiger partial charge in [-0.2, -0.15) is 23.4 Å². The minimum atomic E-state index is -4.43. The van der Waals surface area contributed by atoms with E-state index in [1.807, 2.05) is 30.5 Å². The zero-order valence-electron chi connectivity index (χ0n) is 17.8. The Morgan fingerprint density at radius 1 is 1.26 bits per heavy atom. The number of aromatic amines is 1. The number of hydrogen-bond acceptors (Lipinski definition) is 7. The highest BCUT2D eigenvalue weighted by molar-refractivity contribution is 5.90. The fourth-order valence-corrected chi connectivity index (χ4v) is 4.18. The van der Waals surface area contributed by atoms with Crippen LogP contribution in [0.2, 0.25) is 0 Å². The summed E-state index contributed by atoms with van der Waals surface area (Å²) in [6.07, 6.45) is 1.80. The van der Waals surface area contributed by atoms with Crippen molar-refractivity contribution in [3.05, 3.63) is 72.2 Å². The van der Waals surface area contributed by atoms with Gasteiger partial charge in [0.05, 0.1) is 35.0 Å². The first kappa shape index (κ1) is 21.1. The minimum Gasteiger partial charge on any atom is -0.412 e. The first-order valence-corrected chi connectivity index (χ1v) is 10.6. The van der Waals surface area contributed by atoms with Gasteiger partial charge in [0.1, 0.15) is 12.6 Å². The number of halogens is 3. The average molecular weight is 483 g/mol. The Bertz CT molecular complexity index is 1500. The van der Waals surface area contributed by atoms with Crippen LogP contribution in [0, 0.1) is 0 Å². The summed E-state index contributed by atoms with van der Waals surface area (Å²) in [5.41, 5.74) is 3.21. The Balaban J connectivity index is 1.32. The van der Waals surface area contributed by atoms with Gasteiger partial charge in [0, 0.05) is 31.1 Å². The topological polar surface area (TPSA) is 123 Å². The predicted molar refractivity (Wildman–Crippen MR) is 112 cm³/mol. The van der Waals surface area contributed by atoms with Crippen LogP contribution in [0.15, 0.2) is 53.6 Å². The van der Waals surface area contributed by atoms with E-state index >= 15 is 0 Å². The Kier molecular flexibility index (Phi) is 4.69. The van der Waals surface area contributed by atoms with E-state index in [1.165, 1.54) is 6.20 Å². The zero-order chi connectivity index (χ0) is 24.2. The molecule has 1 atom stereocenters. The van der Waals surface area contributed by atoms with Crippen LogP contribution in [0.25, 0.3) is 17.0 Å². The van der Waals surface area contributed by atoms with E-state index in [0.29, 0.717) is 29.0 Å². The van der Waals surface area contributed by atoms with Crippen molar-refractivity contribution in [1.82, 2.24) is 44.5 Å². The molecule has 0 spiro atoms. The fourth-order valence-electron chi connectivity index (χ4n) is 4.18. The van der Waals surface area contributed by atoms with E-state index in [0.717, 1.165) is 17.4 Å². The van der Waals surface area contributed by atoms with Gasteiger partial charge in [-0.25, -0.2) is 9.50 Å². The molecule has 5 aromatic rings. The summed E-state index contributed by atoms with van der Waals surface area (Å²) in [6.45, 7) is -0.915. The third kappa shape index (κ3) is 3.82. The number of rotatable bonds is 4. The van der Waals surface area contributed by atoms with Crippen LogP contribution in [-0.2, 0) is 13.0 Å². The van der Waals surface area contributed by atoms with Crippen LogP contribution in [0.1, 0.15) is 33.8 Å². The second kappa shape index (κ2) is 7.78. The number of fused-ring (bicyclic) bond motifs is 2. The zero-order valence-corrected chi connectivity index (χ0v) is 17.8. The fraction of sp³-hybridized carbons (Fsp3) is 0.238. The number of pyridine rings is 1. The molecule has 0 radical (unpaired) electrons. The summed E-state index contributed by atoms with van der Waals surface area (Å²) in [5, 5.41) is 16.0. The second-order valence-corrected chi connectivity index (χ2v) is 8.01. The molecule has 0 saturated heterocycles. The molecular weight excluding hydrogens is 467 g/mol. The number of aromatic nitrogens is 8. The standard InChI is InChI=1S/C21H16F3N9O2/c22-21(23,24)10-31-9-12(8-27-31)18-28-29-19(35-18)20(34)32-6-4-14-16(26-11-25-14)17(32)15-7-13-3-1-2-5-33(13)30-15/h1-3,5,7-9,11,17H,4,6,10H2,(H,25,26)/t17-/m0/s1. The maximum absolute atomic E-state index is 13.5. The number of nitrogens with one attached hydrogen (secondary N) is 1. The number of amides is 1. The molecule has 0 aromatic carbocycles. The number of carbonyl (C=O) groups is 1. The molecule has 178 valence electrons. The molecule has 1 N–H and O–H groups in total. The molecule has 1 aliphatic rings. The van der Waals surface area contributed by atoms with Crippen LogP contribution in [0.5, 0.6) is 0 Å². The van der Waals surface area contributed by atoms with Crippen LogP contribution < -0.4 is 0 Å². The molecule has 0 bridgehead atoms. The van der Waals surface area contributed by atoms with Gasteiger partial charge < -0.3 is 14.3 Å². The van der Waals surface area contributed by atoms with Gasteiger partial charge in [0.25, 0.3) is 5.89 Å². The molecule has 11 nitrogen and oxygen atoms in total. The highest BCUT2D eigenvalue weighted by Crippen LogP contribution is 2.34. The van der Waals surface area contributed by atoms with E-state index in [2.05, 4.69) is 30.4 Å². The lowest BCUT2D eigenvalue weighted by Crippen LogP contribution is -2.41. The summed E-state index contributed by atoms with van der Waals surface area (Å²) in [5.74, 6) is -0.943. The van der Waals surface area contributed by atoms with E-state index in [1.54, 1.807) is 15.7 Å². The smallest absolute Gasteiger partial charge is 0.408 e. The predicted octanol–water partition coefficient (Wildman–Crippen LogP) is 2.65. The maximum Gasteiger partial charge on any atom is 0.408 e. The van der Waals surface area contributed by atoms with Gasteiger partial charge in [-0.1, -0.05) is 6.07 Å². The number of carbonyl (C=O) groups excluding carboxylic acids is 1. The number of imidazole rings is 1. The third-order valence-corrected chi connectivity index (χ3v) is 5.68. The van der Waals surface area contributed by atoms with Crippen molar-refractivity contribution in [2.24, 2.45) is 0 Å². The summed E-state index contributed by atoms with van der Waals surface area (Å²) in [7, 11) is 0. The SMILES string of the molecule is O=C(c1nnc(-c2cnn(CC(F)(F)F)c2)o1)N1CCc2[nH]cnc2[C@@H]1c1cc2ccccn2n1. The molecule has 6 heterocycles. The lowest BCUT2D eigenvalue weighted by Gasteiger charge is -2.32. The molecule has 14 heteroatoms. The van der Waals surface area contributed by atoms with Gasteiger partial charge in [-0.3, -0.25) is 9.48 Å². The lowest BCUT2D eigenvalue weighted by atomic mass is 9.99. The lowest BCUT2D eigenvalue weighted by molar-refractivity contribution is -0.142. The van der Waals surface area contributed by atoms with Crippen LogP contribution in [0.3, 0.4) is 0 Å². The number of H-pyrrole nitrogens is 1. The van der Waals surface area contributed by atoms with E-state index in [-0.39, 0.29) is 17.3 Å². The van der Waals surface area contributed by atoms with Gasteiger partial charge in [0.2, 0.25) is 0 Å². The van der Waals surface area contributed by atoms with Gasteiger partial charge in [-0.15, -0.1) is 10.2 Å². The van der Waals surface area contributed by atoms with Gasteiger partial charge in [0.15, 0.2) is 0 Å². The molecule has 0 aliphatic carbocycles. The van der Waals surface area contributed by atoms with Gasteiger partial charge >= 0.3 is 18.0 Å². The van der Waals surface area contributed by atoms with E-state index in [4.69, 9.17) is 4.42 Å². The molecule has 1 aliphatic heterocycles. The van der Waals surface area contributed by atoms with E-state index < -0.39 is 24.7 Å². The second-order valence-electron chi connectivity index (χ2n) is 8.01. The molecule has 6 rings (SSSR count). The highest BCUT2D eigenvalue weighted by Gasteiger charge is 2.38. The van der Waals surface area contributed by atoms with Crippen molar-refractivity contribution < 1.29 is 22.4 Å². The van der Waals surface area contributed by atoms with Crippen molar-refractivity contribution >= 4 is 11.4 Å². The summed E-state index contributed by atoms with van der Waals surface area (Å²) >= 11 is 0. The quantitative estimate of drug-likeness (QED) is 0.417. The molecule has 1 amide bonds.